The molecule has 0 spiro atoms. The van der Waals surface area contributed by atoms with Crippen molar-refractivity contribution < 1.29 is 9.53 Å². The number of aromatic nitrogens is 1. The van der Waals surface area contributed by atoms with Crippen molar-refractivity contribution in [2.75, 3.05) is 12.4 Å². The minimum absolute atomic E-state index is 0.160. The standard InChI is InChI=1S/C16H14N2O2S/c1-20-10-11-5-4-6-12(9-11)15(19)18-16-17-13-7-2-3-8-14(13)21-16/h2-9H,10H2,1H3,(H,17,18,19). The predicted molar refractivity (Wildman–Crippen MR) is 84.7 cm³/mol. The number of amides is 1. The highest BCUT2D eigenvalue weighted by molar-refractivity contribution is 7.22. The van der Waals surface area contributed by atoms with Crippen molar-refractivity contribution in [1.82, 2.24) is 4.98 Å². The van der Waals surface area contributed by atoms with Crippen LogP contribution in [0.15, 0.2) is 48.5 Å². The van der Waals surface area contributed by atoms with Crippen LogP contribution in [0.2, 0.25) is 0 Å². The molecule has 0 radical (unpaired) electrons. The van der Waals surface area contributed by atoms with Gasteiger partial charge in [0.25, 0.3) is 5.91 Å². The van der Waals surface area contributed by atoms with Gasteiger partial charge in [0.2, 0.25) is 0 Å². The maximum atomic E-state index is 12.3. The average Bonchev–Trinajstić information content (AvgIpc) is 2.90. The minimum Gasteiger partial charge on any atom is -0.380 e. The molecule has 1 amide bonds. The Morgan fingerprint density at radius 2 is 2.10 bits per heavy atom. The molecule has 0 atom stereocenters. The number of carbonyl (C=O) groups excluding carboxylic acids is 1. The third-order valence-corrected chi connectivity index (χ3v) is 3.97. The SMILES string of the molecule is COCc1cccc(C(=O)Nc2nc3ccccc3s2)c1. The van der Waals surface area contributed by atoms with E-state index in [9.17, 15) is 4.79 Å². The molecule has 0 unspecified atom stereocenters. The molecule has 0 aliphatic carbocycles. The van der Waals surface area contributed by atoms with E-state index in [2.05, 4.69) is 10.3 Å². The van der Waals surface area contributed by atoms with Crippen LogP contribution in [0.5, 0.6) is 0 Å². The number of thiazole rings is 1. The molecule has 106 valence electrons. The third kappa shape index (κ3) is 3.09. The highest BCUT2D eigenvalue weighted by atomic mass is 32.1. The highest BCUT2D eigenvalue weighted by Gasteiger charge is 2.10. The number of carbonyl (C=O) groups is 1. The molecule has 4 nitrogen and oxygen atoms in total. The van der Waals surface area contributed by atoms with Gasteiger partial charge in [0, 0.05) is 12.7 Å². The van der Waals surface area contributed by atoms with Crippen molar-refractivity contribution in [3.05, 3.63) is 59.7 Å². The Morgan fingerprint density at radius 1 is 1.24 bits per heavy atom. The van der Waals surface area contributed by atoms with Gasteiger partial charge in [-0.1, -0.05) is 35.6 Å². The van der Waals surface area contributed by atoms with Crippen LogP contribution in [-0.4, -0.2) is 18.0 Å². The van der Waals surface area contributed by atoms with Gasteiger partial charge < -0.3 is 4.74 Å². The van der Waals surface area contributed by atoms with Gasteiger partial charge >= 0.3 is 0 Å². The van der Waals surface area contributed by atoms with Gasteiger partial charge in [-0.3, -0.25) is 10.1 Å². The number of methoxy groups -OCH3 is 1. The zero-order chi connectivity index (χ0) is 14.7. The highest BCUT2D eigenvalue weighted by Crippen LogP contribution is 2.25. The van der Waals surface area contributed by atoms with E-state index >= 15 is 0 Å². The quantitative estimate of drug-likeness (QED) is 0.799. The van der Waals surface area contributed by atoms with E-state index in [4.69, 9.17) is 4.74 Å². The summed E-state index contributed by atoms with van der Waals surface area (Å²) in [6.07, 6.45) is 0. The Labute approximate surface area is 126 Å². The van der Waals surface area contributed by atoms with E-state index in [0.29, 0.717) is 17.3 Å². The van der Waals surface area contributed by atoms with Gasteiger partial charge in [-0.05, 0) is 29.8 Å². The minimum atomic E-state index is -0.160. The van der Waals surface area contributed by atoms with Gasteiger partial charge in [0.05, 0.1) is 16.8 Å². The molecule has 3 rings (SSSR count). The molecule has 2 aromatic carbocycles. The fraction of sp³-hybridized carbons (Fsp3) is 0.125. The van der Waals surface area contributed by atoms with Crippen LogP contribution in [0, 0.1) is 0 Å². The van der Waals surface area contributed by atoms with E-state index in [1.54, 1.807) is 13.2 Å². The Morgan fingerprint density at radius 3 is 2.90 bits per heavy atom. The summed E-state index contributed by atoms with van der Waals surface area (Å²) < 4.78 is 6.14. The first kappa shape index (κ1) is 13.7. The summed E-state index contributed by atoms with van der Waals surface area (Å²) >= 11 is 1.47. The van der Waals surface area contributed by atoms with Gasteiger partial charge in [0.1, 0.15) is 0 Å². The van der Waals surface area contributed by atoms with E-state index in [1.807, 2.05) is 42.5 Å². The van der Waals surface area contributed by atoms with Crippen molar-refractivity contribution in [2.45, 2.75) is 6.61 Å². The lowest BCUT2D eigenvalue weighted by atomic mass is 10.1. The lowest BCUT2D eigenvalue weighted by Gasteiger charge is -2.04. The Bertz CT molecular complexity index is 750. The maximum absolute atomic E-state index is 12.3. The lowest BCUT2D eigenvalue weighted by Crippen LogP contribution is -2.11. The van der Waals surface area contributed by atoms with Crippen LogP contribution in [0.3, 0.4) is 0 Å². The number of anilines is 1. The van der Waals surface area contributed by atoms with E-state index in [0.717, 1.165) is 15.8 Å². The van der Waals surface area contributed by atoms with Crippen molar-refractivity contribution in [1.29, 1.82) is 0 Å². The number of para-hydroxylation sites is 1. The Kier molecular flexibility index (Phi) is 3.94. The first-order chi connectivity index (χ1) is 10.3. The molecule has 1 aromatic heterocycles. The number of rotatable bonds is 4. The first-order valence-corrected chi connectivity index (χ1v) is 7.33. The van der Waals surface area contributed by atoms with Crippen LogP contribution in [-0.2, 0) is 11.3 Å². The number of hydrogen-bond donors (Lipinski definition) is 1. The number of benzene rings is 2. The zero-order valence-corrected chi connectivity index (χ0v) is 12.3. The molecule has 1 heterocycles. The third-order valence-electron chi connectivity index (χ3n) is 3.01. The Balaban J connectivity index is 1.80. The summed E-state index contributed by atoms with van der Waals surface area (Å²) in [5.41, 5.74) is 2.46. The molecule has 1 N–H and O–H groups in total. The number of nitrogens with zero attached hydrogens (tertiary/aromatic N) is 1. The van der Waals surface area contributed by atoms with Gasteiger partial charge in [-0.15, -0.1) is 0 Å². The number of nitrogens with one attached hydrogen (secondary N) is 1. The predicted octanol–water partition coefficient (Wildman–Crippen LogP) is 3.70. The molecule has 0 aliphatic rings. The summed E-state index contributed by atoms with van der Waals surface area (Å²) in [5.74, 6) is -0.160. The van der Waals surface area contributed by atoms with Crippen LogP contribution in [0.4, 0.5) is 5.13 Å². The second-order valence-corrected chi connectivity index (χ2v) is 5.60. The monoisotopic (exact) mass is 298 g/mol. The first-order valence-electron chi connectivity index (χ1n) is 6.51. The molecule has 0 saturated heterocycles. The van der Waals surface area contributed by atoms with Crippen LogP contribution < -0.4 is 5.32 Å². The van der Waals surface area contributed by atoms with Crippen LogP contribution in [0.1, 0.15) is 15.9 Å². The molecular formula is C16H14N2O2S. The van der Waals surface area contributed by atoms with E-state index < -0.39 is 0 Å². The fourth-order valence-corrected chi connectivity index (χ4v) is 2.92. The second kappa shape index (κ2) is 6.03. The molecule has 21 heavy (non-hydrogen) atoms. The molecule has 5 heteroatoms. The van der Waals surface area contributed by atoms with Gasteiger partial charge in [0.15, 0.2) is 5.13 Å². The zero-order valence-electron chi connectivity index (χ0n) is 11.5. The van der Waals surface area contributed by atoms with Crippen molar-refractivity contribution in [3.63, 3.8) is 0 Å². The molecule has 0 saturated carbocycles. The van der Waals surface area contributed by atoms with E-state index in [-0.39, 0.29) is 5.91 Å². The topological polar surface area (TPSA) is 51.2 Å². The second-order valence-electron chi connectivity index (χ2n) is 4.57. The summed E-state index contributed by atoms with van der Waals surface area (Å²) in [4.78, 5) is 16.7. The van der Waals surface area contributed by atoms with Crippen LogP contribution in [0.25, 0.3) is 10.2 Å². The summed E-state index contributed by atoms with van der Waals surface area (Å²) in [7, 11) is 1.63. The Hall–Kier alpha value is -2.24. The maximum Gasteiger partial charge on any atom is 0.257 e. The molecular weight excluding hydrogens is 284 g/mol. The number of ether oxygens (including phenoxy) is 1. The summed E-state index contributed by atoms with van der Waals surface area (Å²) in [6, 6.07) is 15.2. The molecule has 3 aromatic rings. The van der Waals surface area contributed by atoms with E-state index in [1.165, 1.54) is 11.3 Å². The largest absolute Gasteiger partial charge is 0.380 e. The average molecular weight is 298 g/mol. The molecule has 0 fully saturated rings. The summed E-state index contributed by atoms with van der Waals surface area (Å²) in [5, 5.41) is 3.45. The van der Waals surface area contributed by atoms with Gasteiger partial charge in [-0.25, -0.2) is 4.98 Å². The summed E-state index contributed by atoms with van der Waals surface area (Å²) in [6.45, 7) is 0.488. The smallest absolute Gasteiger partial charge is 0.257 e. The number of hydrogen-bond acceptors (Lipinski definition) is 4. The molecule has 0 bridgehead atoms. The van der Waals surface area contributed by atoms with Crippen LogP contribution >= 0.6 is 11.3 Å². The number of fused-ring (bicyclic) bond motifs is 1. The van der Waals surface area contributed by atoms with Crippen molar-refractivity contribution in [3.8, 4) is 0 Å². The van der Waals surface area contributed by atoms with Crippen molar-refractivity contribution in [2.24, 2.45) is 0 Å². The fourth-order valence-electron chi connectivity index (χ4n) is 2.06. The normalized spacial score (nSPS) is 10.7. The lowest BCUT2D eigenvalue weighted by molar-refractivity contribution is 0.102. The van der Waals surface area contributed by atoms with Gasteiger partial charge in [-0.2, -0.15) is 0 Å². The van der Waals surface area contributed by atoms with Crippen molar-refractivity contribution >= 4 is 32.6 Å². The molecule has 0 aliphatic heterocycles.